The number of hydrogen-bond acceptors (Lipinski definition) is 7. The Hall–Kier alpha value is -3.95. The standard InChI is InChI=1S/C21H21N7O3/c1-4-31-15-6-5-13(9-16(15)30-3)14-10-19(29)23-21-20(14)12(2)25-28(21)18-8-7-17-24-22-11-27(17)26-18/h5-9,11,14H,4,10H2,1-3H3,(H,23,29). The van der Waals surface area contributed by atoms with Crippen molar-refractivity contribution in [2.75, 3.05) is 19.0 Å². The molecule has 1 aliphatic heterocycles. The third-order valence-corrected chi connectivity index (χ3v) is 5.36. The minimum absolute atomic E-state index is 0.0862. The van der Waals surface area contributed by atoms with Gasteiger partial charge >= 0.3 is 0 Å². The molecule has 5 rings (SSSR count). The number of nitrogens with zero attached hydrogens (tertiary/aromatic N) is 6. The summed E-state index contributed by atoms with van der Waals surface area (Å²) < 4.78 is 14.4. The number of ether oxygens (including phenoxy) is 2. The van der Waals surface area contributed by atoms with Crippen LogP contribution >= 0.6 is 0 Å². The van der Waals surface area contributed by atoms with E-state index in [9.17, 15) is 4.79 Å². The van der Waals surface area contributed by atoms with Gasteiger partial charge in [0, 0.05) is 17.9 Å². The van der Waals surface area contributed by atoms with E-state index in [0.717, 1.165) is 16.8 Å². The summed E-state index contributed by atoms with van der Waals surface area (Å²) in [5, 5.41) is 20.0. The van der Waals surface area contributed by atoms with Gasteiger partial charge in [0.25, 0.3) is 0 Å². The molecular formula is C21H21N7O3. The Kier molecular flexibility index (Phi) is 4.54. The molecule has 1 aromatic carbocycles. The number of carbonyl (C=O) groups is 1. The Morgan fingerprint density at radius 1 is 1.19 bits per heavy atom. The molecule has 0 radical (unpaired) electrons. The van der Waals surface area contributed by atoms with Crippen molar-refractivity contribution < 1.29 is 14.3 Å². The molecular weight excluding hydrogens is 398 g/mol. The molecule has 0 fully saturated rings. The van der Waals surface area contributed by atoms with Crippen molar-refractivity contribution >= 4 is 17.4 Å². The largest absolute Gasteiger partial charge is 0.493 e. The lowest BCUT2D eigenvalue weighted by Crippen LogP contribution is -2.25. The SMILES string of the molecule is CCOc1ccc(C2CC(=O)Nc3c2c(C)nn3-c2ccc3nncn3n2)cc1OC. The van der Waals surface area contributed by atoms with E-state index in [1.807, 2.05) is 32.0 Å². The summed E-state index contributed by atoms with van der Waals surface area (Å²) in [5.41, 5.74) is 3.36. The number of anilines is 1. The third-order valence-electron chi connectivity index (χ3n) is 5.36. The number of nitrogens with one attached hydrogen (secondary N) is 1. The van der Waals surface area contributed by atoms with Crippen LogP contribution in [0.5, 0.6) is 11.5 Å². The van der Waals surface area contributed by atoms with Crippen LogP contribution in [0, 0.1) is 6.92 Å². The molecule has 31 heavy (non-hydrogen) atoms. The molecule has 1 aliphatic rings. The van der Waals surface area contributed by atoms with Crippen molar-refractivity contribution in [3.8, 4) is 17.3 Å². The number of benzene rings is 1. The van der Waals surface area contributed by atoms with Crippen LogP contribution < -0.4 is 14.8 Å². The van der Waals surface area contributed by atoms with Crippen LogP contribution in [-0.4, -0.2) is 49.2 Å². The summed E-state index contributed by atoms with van der Waals surface area (Å²) in [4.78, 5) is 12.6. The number of amides is 1. The number of fused-ring (bicyclic) bond motifs is 2. The maximum absolute atomic E-state index is 12.6. The Morgan fingerprint density at radius 2 is 2.06 bits per heavy atom. The van der Waals surface area contributed by atoms with Gasteiger partial charge in [-0.05, 0) is 43.7 Å². The number of rotatable bonds is 5. The summed E-state index contributed by atoms with van der Waals surface area (Å²) in [6.07, 6.45) is 1.84. The van der Waals surface area contributed by atoms with Crippen molar-refractivity contribution in [2.45, 2.75) is 26.2 Å². The van der Waals surface area contributed by atoms with Crippen molar-refractivity contribution in [1.29, 1.82) is 0 Å². The maximum atomic E-state index is 12.6. The molecule has 0 saturated heterocycles. The first-order chi connectivity index (χ1) is 15.1. The van der Waals surface area contributed by atoms with Crippen LogP contribution in [0.15, 0.2) is 36.7 Å². The van der Waals surface area contributed by atoms with E-state index in [-0.39, 0.29) is 11.8 Å². The molecule has 4 aromatic rings. The minimum Gasteiger partial charge on any atom is -0.493 e. The Bertz CT molecular complexity index is 1290. The predicted molar refractivity (Wildman–Crippen MR) is 112 cm³/mol. The van der Waals surface area contributed by atoms with Gasteiger partial charge in [-0.15, -0.1) is 15.3 Å². The number of aryl methyl sites for hydroxylation is 1. The summed E-state index contributed by atoms with van der Waals surface area (Å²) in [6, 6.07) is 9.38. The van der Waals surface area contributed by atoms with Gasteiger partial charge in [0.1, 0.15) is 12.1 Å². The first-order valence-electron chi connectivity index (χ1n) is 9.96. The normalized spacial score (nSPS) is 15.6. The topological polar surface area (TPSA) is 108 Å². The average molecular weight is 419 g/mol. The highest BCUT2D eigenvalue weighted by atomic mass is 16.5. The molecule has 158 valence electrons. The van der Waals surface area contributed by atoms with Crippen LogP contribution in [0.4, 0.5) is 5.82 Å². The van der Waals surface area contributed by atoms with Crippen LogP contribution in [0.3, 0.4) is 0 Å². The molecule has 10 nitrogen and oxygen atoms in total. The van der Waals surface area contributed by atoms with Crippen LogP contribution in [0.2, 0.25) is 0 Å². The Balaban J connectivity index is 1.62. The highest BCUT2D eigenvalue weighted by Crippen LogP contribution is 2.42. The molecule has 0 bridgehead atoms. The summed E-state index contributed by atoms with van der Waals surface area (Å²) in [6.45, 7) is 4.40. The van der Waals surface area contributed by atoms with Gasteiger partial charge in [0.2, 0.25) is 5.91 Å². The van der Waals surface area contributed by atoms with Crippen molar-refractivity contribution in [1.82, 2.24) is 29.6 Å². The Labute approximate surface area is 177 Å². The lowest BCUT2D eigenvalue weighted by atomic mass is 9.85. The Morgan fingerprint density at radius 3 is 2.87 bits per heavy atom. The van der Waals surface area contributed by atoms with Gasteiger partial charge in [-0.1, -0.05) is 6.07 Å². The van der Waals surface area contributed by atoms with Crippen LogP contribution in [0.25, 0.3) is 11.5 Å². The van der Waals surface area contributed by atoms with E-state index in [1.165, 1.54) is 6.33 Å². The fourth-order valence-corrected chi connectivity index (χ4v) is 4.00. The summed E-state index contributed by atoms with van der Waals surface area (Å²) >= 11 is 0. The molecule has 3 aromatic heterocycles. The van der Waals surface area contributed by atoms with E-state index in [0.29, 0.717) is 41.8 Å². The molecule has 4 heterocycles. The summed E-state index contributed by atoms with van der Waals surface area (Å²) in [7, 11) is 1.61. The molecule has 0 saturated carbocycles. The lowest BCUT2D eigenvalue weighted by Gasteiger charge is -2.25. The van der Waals surface area contributed by atoms with Gasteiger partial charge in [-0.2, -0.15) is 14.3 Å². The number of carbonyl (C=O) groups excluding carboxylic acids is 1. The molecule has 10 heteroatoms. The van der Waals surface area contributed by atoms with Gasteiger partial charge in [-0.3, -0.25) is 4.79 Å². The molecule has 1 unspecified atom stereocenters. The average Bonchev–Trinajstić information content (AvgIpc) is 3.37. The molecule has 1 N–H and O–H groups in total. The van der Waals surface area contributed by atoms with Crippen molar-refractivity contribution in [3.05, 3.63) is 53.5 Å². The van der Waals surface area contributed by atoms with Gasteiger partial charge in [-0.25, -0.2) is 0 Å². The third kappa shape index (κ3) is 3.16. The van der Waals surface area contributed by atoms with E-state index in [1.54, 1.807) is 28.4 Å². The zero-order valence-corrected chi connectivity index (χ0v) is 17.4. The predicted octanol–water partition coefficient (Wildman–Crippen LogP) is 2.50. The van der Waals surface area contributed by atoms with E-state index in [2.05, 4.69) is 25.7 Å². The molecule has 0 aliphatic carbocycles. The highest BCUT2D eigenvalue weighted by molar-refractivity contribution is 5.95. The van der Waals surface area contributed by atoms with Crippen molar-refractivity contribution in [2.24, 2.45) is 0 Å². The van der Waals surface area contributed by atoms with Crippen LogP contribution in [-0.2, 0) is 4.79 Å². The van der Waals surface area contributed by atoms with Crippen molar-refractivity contribution in [3.63, 3.8) is 0 Å². The van der Waals surface area contributed by atoms with Gasteiger partial charge in [0.15, 0.2) is 23.0 Å². The minimum atomic E-state index is -0.166. The molecule has 1 atom stereocenters. The zero-order valence-electron chi connectivity index (χ0n) is 17.4. The molecule has 1 amide bonds. The second-order valence-corrected chi connectivity index (χ2v) is 7.23. The van der Waals surface area contributed by atoms with E-state index < -0.39 is 0 Å². The second-order valence-electron chi connectivity index (χ2n) is 7.23. The van der Waals surface area contributed by atoms with Crippen LogP contribution in [0.1, 0.15) is 36.1 Å². The van der Waals surface area contributed by atoms with E-state index in [4.69, 9.17) is 9.47 Å². The maximum Gasteiger partial charge on any atom is 0.226 e. The second kappa shape index (κ2) is 7.38. The van der Waals surface area contributed by atoms with Gasteiger partial charge in [0.05, 0.1) is 19.4 Å². The molecule has 0 spiro atoms. The summed E-state index contributed by atoms with van der Waals surface area (Å²) in [5.74, 6) is 2.23. The highest BCUT2D eigenvalue weighted by Gasteiger charge is 2.33. The number of aromatic nitrogens is 6. The van der Waals surface area contributed by atoms with E-state index >= 15 is 0 Å². The number of hydrogen-bond donors (Lipinski definition) is 1. The zero-order chi connectivity index (χ0) is 21.5. The quantitative estimate of drug-likeness (QED) is 0.529. The fraction of sp³-hybridized carbons (Fsp3) is 0.286. The first kappa shape index (κ1) is 19.0. The smallest absolute Gasteiger partial charge is 0.226 e. The lowest BCUT2D eigenvalue weighted by molar-refractivity contribution is -0.116. The fourth-order valence-electron chi connectivity index (χ4n) is 4.00. The van der Waals surface area contributed by atoms with Gasteiger partial charge < -0.3 is 14.8 Å². The monoisotopic (exact) mass is 419 g/mol. The first-order valence-corrected chi connectivity index (χ1v) is 9.96. The number of methoxy groups -OCH3 is 1.